The van der Waals surface area contributed by atoms with Crippen LogP contribution in [0.2, 0.25) is 0 Å². The SMILES string of the molecule is CNc1cc(Nc2ccc(S(C)(=O)=O)cc2OC)nc2[nH]cc(C(F)(F)F)c12. The smallest absolute Gasteiger partial charge is 0.418 e. The fourth-order valence-electron chi connectivity index (χ4n) is 2.76. The second kappa shape index (κ2) is 6.89. The number of alkyl halides is 3. The molecule has 0 unspecified atom stereocenters. The van der Waals surface area contributed by atoms with E-state index < -0.39 is 21.6 Å². The maximum absolute atomic E-state index is 13.2. The van der Waals surface area contributed by atoms with E-state index in [4.69, 9.17) is 4.74 Å². The molecule has 0 saturated heterocycles. The van der Waals surface area contributed by atoms with Crippen molar-refractivity contribution >= 4 is 38.1 Å². The van der Waals surface area contributed by atoms with Crippen LogP contribution in [-0.2, 0) is 16.0 Å². The largest absolute Gasteiger partial charge is 0.495 e. The minimum absolute atomic E-state index is 0.0494. The number of aromatic nitrogens is 2. The minimum atomic E-state index is -4.52. The molecule has 3 aromatic rings. The highest BCUT2D eigenvalue weighted by Crippen LogP contribution is 2.39. The van der Waals surface area contributed by atoms with Crippen molar-refractivity contribution in [1.82, 2.24) is 9.97 Å². The lowest BCUT2D eigenvalue weighted by atomic mass is 10.1. The van der Waals surface area contributed by atoms with Crippen molar-refractivity contribution in [2.24, 2.45) is 0 Å². The van der Waals surface area contributed by atoms with Gasteiger partial charge in [-0.05, 0) is 12.1 Å². The average Bonchev–Trinajstić information content (AvgIpc) is 3.04. The fraction of sp³-hybridized carbons (Fsp3) is 0.235. The lowest BCUT2D eigenvalue weighted by molar-refractivity contribution is -0.136. The van der Waals surface area contributed by atoms with Gasteiger partial charge < -0.3 is 20.4 Å². The number of hydrogen-bond donors (Lipinski definition) is 3. The van der Waals surface area contributed by atoms with E-state index in [1.54, 1.807) is 0 Å². The number of nitrogens with zero attached hydrogens (tertiary/aromatic N) is 1. The predicted octanol–water partition coefficient (Wildman–Crippen LogP) is 3.78. The molecule has 2 heterocycles. The molecule has 0 saturated carbocycles. The van der Waals surface area contributed by atoms with Gasteiger partial charge >= 0.3 is 6.18 Å². The summed E-state index contributed by atoms with van der Waals surface area (Å²) in [6.45, 7) is 0. The molecule has 11 heteroatoms. The Kier molecular flexibility index (Phi) is 4.88. The van der Waals surface area contributed by atoms with Crippen molar-refractivity contribution in [2.45, 2.75) is 11.1 Å². The maximum Gasteiger partial charge on any atom is 0.418 e. The quantitative estimate of drug-likeness (QED) is 0.588. The van der Waals surface area contributed by atoms with Crippen molar-refractivity contribution in [3.63, 3.8) is 0 Å². The van der Waals surface area contributed by atoms with Gasteiger partial charge in [-0.2, -0.15) is 13.2 Å². The number of ether oxygens (including phenoxy) is 1. The molecule has 0 fully saturated rings. The van der Waals surface area contributed by atoms with Crippen LogP contribution >= 0.6 is 0 Å². The monoisotopic (exact) mass is 414 g/mol. The summed E-state index contributed by atoms with van der Waals surface area (Å²) in [7, 11) is -0.536. The van der Waals surface area contributed by atoms with E-state index in [1.165, 1.54) is 38.4 Å². The number of pyridine rings is 1. The Labute approximate surface area is 158 Å². The first-order valence-electron chi connectivity index (χ1n) is 7.96. The first-order chi connectivity index (χ1) is 13.0. The number of nitrogens with one attached hydrogen (secondary N) is 3. The third kappa shape index (κ3) is 3.70. The predicted molar refractivity (Wildman–Crippen MR) is 100 cm³/mol. The summed E-state index contributed by atoms with van der Waals surface area (Å²) in [5, 5.41) is 5.62. The molecule has 0 radical (unpaired) electrons. The third-order valence-corrected chi connectivity index (χ3v) is 5.19. The van der Waals surface area contributed by atoms with E-state index in [9.17, 15) is 21.6 Å². The molecular formula is C17H17F3N4O3S. The van der Waals surface area contributed by atoms with E-state index in [0.29, 0.717) is 5.69 Å². The van der Waals surface area contributed by atoms with Gasteiger partial charge in [0, 0.05) is 37.3 Å². The maximum atomic E-state index is 13.2. The van der Waals surface area contributed by atoms with Crippen molar-refractivity contribution in [3.05, 3.63) is 36.0 Å². The molecule has 0 aliphatic carbocycles. The number of benzene rings is 1. The molecule has 3 N–H and O–H groups in total. The molecule has 0 aliphatic rings. The van der Waals surface area contributed by atoms with Crippen LogP contribution in [0.25, 0.3) is 11.0 Å². The van der Waals surface area contributed by atoms with Gasteiger partial charge in [-0.3, -0.25) is 0 Å². The molecule has 0 aliphatic heterocycles. The zero-order chi connectivity index (χ0) is 20.7. The Morgan fingerprint density at radius 1 is 1.18 bits per heavy atom. The van der Waals surface area contributed by atoms with Gasteiger partial charge in [0.2, 0.25) is 0 Å². The molecular weight excluding hydrogens is 397 g/mol. The summed E-state index contributed by atoms with van der Waals surface area (Å²) in [4.78, 5) is 6.79. The Morgan fingerprint density at radius 2 is 1.89 bits per heavy atom. The molecule has 0 bridgehead atoms. The van der Waals surface area contributed by atoms with Crippen molar-refractivity contribution in [3.8, 4) is 5.75 Å². The lowest BCUT2D eigenvalue weighted by Crippen LogP contribution is -2.05. The van der Waals surface area contributed by atoms with Gasteiger partial charge in [-0.15, -0.1) is 0 Å². The summed E-state index contributed by atoms with van der Waals surface area (Å²) >= 11 is 0. The Hall–Kier alpha value is -2.95. The number of halogens is 3. The van der Waals surface area contributed by atoms with Gasteiger partial charge in [0.25, 0.3) is 0 Å². The van der Waals surface area contributed by atoms with E-state index in [2.05, 4.69) is 20.6 Å². The van der Waals surface area contributed by atoms with E-state index >= 15 is 0 Å². The van der Waals surface area contributed by atoms with Crippen LogP contribution in [-0.4, -0.2) is 38.8 Å². The zero-order valence-electron chi connectivity index (χ0n) is 15.1. The minimum Gasteiger partial charge on any atom is -0.495 e. The summed E-state index contributed by atoms with van der Waals surface area (Å²) in [6, 6.07) is 5.67. The molecule has 0 atom stereocenters. The summed E-state index contributed by atoms with van der Waals surface area (Å²) in [5.74, 6) is 0.496. The van der Waals surface area contributed by atoms with Crippen molar-refractivity contribution in [2.75, 3.05) is 31.0 Å². The summed E-state index contributed by atoms with van der Waals surface area (Å²) in [5.41, 5.74) is -0.131. The van der Waals surface area contributed by atoms with E-state index in [-0.39, 0.29) is 33.2 Å². The van der Waals surface area contributed by atoms with E-state index in [0.717, 1.165) is 12.5 Å². The average molecular weight is 414 g/mol. The molecule has 1 aromatic carbocycles. The van der Waals surface area contributed by atoms with Crippen LogP contribution in [0.5, 0.6) is 5.75 Å². The topological polar surface area (TPSA) is 96.1 Å². The number of rotatable bonds is 5. The second-order valence-electron chi connectivity index (χ2n) is 5.99. The highest BCUT2D eigenvalue weighted by atomic mass is 32.2. The molecule has 2 aromatic heterocycles. The first kappa shape index (κ1) is 19.8. The highest BCUT2D eigenvalue weighted by Gasteiger charge is 2.35. The number of hydrogen-bond acceptors (Lipinski definition) is 6. The second-order valence-corrected chi connectivity index (χ2v) is 8.00. The normalized spacial score (nSPS) is 12.2. The third-order valence-electron chi connectivity index (χ3n) is 4.08. The van der Waals surface area contributed by atoms with Crippen molar-refractivity contribution < 1.29 is 26.3 Å². The standard InChI is InChI=1S/C17H17F3N4O3S/c1-21-12-7-14(24-16-15(12)10(8-22-16)17(18,19)20)23-11-5-4-9(28(3,25)26)6-13(11)27-2/h4-8H,1-3H3,(H3,21,22,23,24). The number of H-pyrrole nitrogens is 1. The Bertz CT molecular complexity index is 1140. The number of anilines is 3. The molecule has 7 nitrogen and oxygen atoms in total. The number of methoxy groups -OCH3 is 1. The van der Waals surface area contributed by atoms with Crippen LogP contribution in [0.4, 0.5) is 30.4 Å². The van der Waals surface area contributed by atoms with Crippen LogP contribution in [0.15, 0.2) is 35.4 Å². The summed E-state index contributed by atoms with van der Waals surface area (Å²) in [6.07, 6.45) is -2.58. The van der Waals surface area contributed by atoms with Crippen LogP contribution in [0, 0.1) is 0 Å². The van der Waals surface area contributed by atoms with Gasteiger partial charge in [0.1, 0.15) is 17.2 Å². The Balaban J connectivity index is 2.06. The lowest BCUT2D eigenvalue weighted by Gasteiger charge is -2.14. The van der Waals surface area contributed by atoms with Gasteiger partial charge in [0.15, 0.2) is 9.84 Å². The molecule has 0 spiro atoms. The molecule has 28 heavy (non-hydrogen) atoms. The fourth-order valence-corrected chi connectivity index (χ4v) is 3.40. The number of sulfone groups is 1. The van der Waals surface area contributed by atoms with Gasteiger partial charge in [-0.1, -0.05) is 0 Å². The molecule has 150 valence electrons. The molecule has 3 rings (SSSR count). The zero-order valence-corrected chi connectivity index (χ0v) is 15.9. The summed E-state index contributed by atoms with van der Waals surface area (Å²) < 4.78 is 68.2. The van der Waals surface area contributed by atoms with Gasteiger partial charge in [0.05, 0.1) is 28.6 Å². The number of fused-ring (bicyclic) bond motifs is 1. The number of aromatic amines is 1. The van der Waals surface area contributed by atoms with Crippen LogP contribution in [0.1, 0.15) is 5.56 Å². The molecule has 0 amide bonds. The van der Waals surface area contributed by atoms with Gasteiger partial charge in [-0.25, -0.2) is 13.4 Å². The van der Waals surface area contributed by atoms with Crippen LogP contribution in [0.3, 0.4) is 0 Å². The van der Waals surface area contributed by atoms with Crippen molar-refractivity contribution in [1.29, 1.82) is 0 Å². The van der Waals surface area contributed by atoms with Crippen LogP contribution < -0.4 is 15.4 Å². The van der Waals surface area contributed by atoms with E-state index in [1.807, 2.05) is 0 Å². The first-order valence-corrected chi connectivity index (χ1v) is 9.86. The highest BCUT2D eigenvalue weighted by molar-refractivity contribution is 7.90. The Morgan fingerprint density at radius 3 is 2.46 bits per heavy atom.